The molecule has 206 valence electrons. The van der Waals surface area contributed by atoms with E-state index in [-0.39, 0.29) is 11.8 Å². The lowest BCUT2D eigenvalue weighted by atomic mass is 9.78. The first kappa shape index (κ1) is 29.4. The van der Waals surface area contributed by atoms with E-state index in [1.54, 1.807) is 0 Å². The van der Waals surface area contributed by atoms with Crippen molar-refractivity contribution in [2.75, 3.05) is 0 Å². The fourth-order valence-corrected chi connectivity index (χ4v) is 6.65. The zero-order valence-electron chi connectivity index (χ0n) is 24.7. The number of benzene rings is 4. The van der Waals surface area contributed by atoms with Crippen LogP contribution in [0, 0.1) is 0 Å². The molecule has 0 N–H and O–H groups in total. The van der Waals surface area contributed by atoms with Crippen molar-refractivity contribution in [1.29, 1.82) is 0 Å². The summed E-state index contributed by atoms with van der Waals surface area (Å²) in [5.41, 5.74) is 4.66. The molecular formula is C36H42O2Si2. The quantitative estimate of drug-likeness (QED) is 0.134. The van der Waals surface area contributed by atoms with Crippen LogP contribution in [-0.4, -0.2) is 16.6 Å². The molecule has 0 aliphatic carbocycles. The molecular weight excluding hydrogens is 521 g/mol. The number of rotatable bonds is 11. The van der Waals surface area contributed by atoms with Crippen LogP contribution in [0.1, 0.15) is 34.1 Å². The zero-order valence-corrected chi connectivity index (χ0v) is 26.7. The Morgan fingerprint density at radius 1 is 0.450 bits per heavy atom. The van der Waals surface area contributed by atoms with Crippen LogP contribution >= 0.6 is 0 Å². The molecule has 0 aliphatic rings. The van der Waals surface area contributed by atoms with Gasteiger partial charge in [0.15, 0.2) is 0 Å². The summed E-state index contributed by atoms with van der Waals surface area (Å²) in [6, 6.07) is 42.6. The van der Waals surface area contributed by atoms with Gasteiger partial charge >= 0.3 is 0 Å². The lowest BCUT2D eigenvalue weighted by Crippen LogP contribution is -2.31. The molecule has 0 spiro atoms. The van der Waals surface area contributed by atoms with Crippen LogP contribution in [0.5, 0.6) is 0 Å². The average molecular weight is 563 g/mol. The molecule has 0 bridgehead atoms. The largest absolute Gasteiger partial charge is 0.547 e. The summed E-state index contributed by atoms with van der Waals surface area (Å²) in [6.45, 7) is 13.5. The van der Waals surface area contributed by atoms with Gasteiger partial charge in [-0.05, 0) is 73.7 Å². The molecule has 2 unspecified atom stereocenters. The molecule has 0 saturated heterocycles. The van der Waals surface area contributed by atoms with Gasteiger partial charge in [-0.15, -0.1) is 0 Å². The third-order valence-electron chi connectivity index (χ3n) is 6.33. The summed E-state index contributed by atoms with van der Waals surface area (Å²) >= 11 is 0. The summed E-state index contributed by atoms with van der Waals surface area (Å²) in [7, 11) is -3.98. The predicted molar refractivity (Wildman–Crippen MR) is 176 cm³/mol. The van der Waals surface area contributed by atoms with Crippen LogP contribution < -0.4 is 0 Å². The van der Waals surface area contributed by atoms with Crippen molar-refractivity contribution < 1.29 is 8.85 Å². The van der Waals surface area contributed by atoms with Gasteiger partial charge in [-0.2, -0.15) is 0 Å². The lowest BCUT2D eigenvalue weighted by Gasteiger charge is -2.37. The van der Waals surface area contributed by atoms with Crippen molar-refractivity contribution in [2.45, 2.75) is 51.1 Å². The summed E-state index contributed by atoms with van der Waals surface area (Å²) < 4.78 is 14.0. The van der Waals surface area contributed by atoms with Gasteiger partial charge in [0.25, 0.3) is 0 Å². The Bertz CT molecular complexity index is 1270. The molecule has 2 atom stereocenters. The number of hydrogen-bond acceptors (Lipinski definition) is 2. The molecule has 2 nitrogen and oxygen atoms in total. The smallest absolute Gasteiger partial charge is 0.241 e. The Morgan fingerprint density at radius 3 is 1.00 bits per heavy atom. The minimum atomic E-state index is -1.99. The standard InChI is InChI=1S/C36H42O2Si2/c1-39(2,3)37-33(27-29-19-11-7-12-20-29)35(31-23-15-9-16-24-31)36(32-25-17-10-18-26-32)34(38-40(4,5)6)28-30-21-13-8-14-22-30/h7-28,35-36H,1-6H3/b33-27-,34-28-. The Labute approximate surface area is 243 Å². The maximum Gasteiger partial charge on any atom is 0.241 e. The van der Waals surface area contributed by atoms with Crippen molar-refractivity contribution >= 4 is 28.8 Å². The third kappa shape index (κ3) is 8.70. The fraction of sp³-hybridized carbons (Fsp3) is 0.222. The third-order valence-corrected chi connectivity index (χ3v) is 8.02. The normalized spacial score (nSPS) is 14.3. The number of allylic oxidation sites excluding steroid dienone is 2. The maximum absolute atomic E-state index is 7.02. The highest BCUT2D eigenvalue weighted by Gasteiger charge is 2.37. The molecule has 40 heavy (non-hydrogen) atoms. The summed E-state index contributed by atoms with van der Waals surface area (Å²) in [5, 5.41) is 0. The van der Waals surface area contributed by atoms with Crippen LogP contribution in [-0.2, 0) is 8.85 Å². The Hall–Kier alpha value is -3.61. The predicted octanol–water partition coefficient (Wildman–Crippen LogP) is 10.3. The van der Waals surface area contributed by atoms with E-state index < -0.39 is 16.6 Å². The Balaban J connectivity index is 2.03. The molecule has 0 amide bonds. The molecule has 0 radical (unpaired) electrons. The SMILES string of the molecule is C[Si](C)(C)O/C(=C\c1ccccc1)C(c1ccccc1)C(/C(=C/c1ccccc1)O[Si](C)(C)C)c1ccccc1. The minimum absolute atomic E-state index is 0.0955. The van der Waals surface area contributed by atoms with E-state index in [9.17, 15) is 0 Å². The fourth-order valence-electron chi connectivity index (χ4n) is 4.86. The van der Waals surface area contributed by atoms with E-state index in [0.29, 0.717) is 0 Å². The molecule has 0 saturated carbocycles. The second kappa shape index (κ2) is 13.2. The van der Waals surface area contributed by atoms with Gasteiger partial charge in [-0.25, -0.2) is 0 Å². The first-order valence-corrected chi connectivity index (χ1v) is 20.9. The van der Waals surface area contributed by atoms with Crippen LogP contribution in [0.2, 0.25) is 39.3 Å². The van der Waals surface area contributed by atoms with Gasteiger partial charge in [-0.3, -0.25) is 0 Å². The molecule has 4 aromatic rings. The van der Waals surface area contributed by atoms with Crippen molar-refractivity contribution in [3.05, 3.63) is 155 Å². The average Bonchev–Trinajstić information content (AvgIpc) is 2.91. The molecule has 0 heterocycles. The van der Waals surface area contributed by atoms with Crippen molar-refractivity contribution in [2.24, 2.45) is 0 Å². The van der Waals surface area contributed by atoms with Crippen LogP contribution in [0.4, 0.5) is 0 Å². The number of hydrogen-bond donors (Lipinski definition) is 0. The lowest BCUT2D eigenvalue weighted by molar-refractivity contribution is 0.325. The minimum Gasteiger partial charge on any atom is -0.547 e. The second-order valence-electron chi connectivity index (χ2n) is 12.1. The van der Waals surface area contributed by atoms with Gasteiger partial charge in [0, 0.05) is 0 Å². The van der Waals surface area contributed by atoms with Gasteiger partial charge in [0.2, 0.25) is 16.6 Å². The Kier molecular flexibility index (Phi) is 9.67. The molecule has 4 heteroatoms. The van der Waals surface area contributed by atoms with Gasteiger partial charge in [0.1, 0.15) is 0 Å². The van der Waals surface area contributed by atoms with Crippen LogP contribution in [0.25, 0.3) is 12.2 Å². The maximum atomic E-state index is 7.02. The van der Waals surface area contributed by atoms with Gasteiger partial charge in [-0.1, -0.05) is 121 Å². The van der Waals surface area contributed by atoms with E-state index >= 15 is 0 Å². The second-order valence-corrected chi connectivity index (χ2v) is 21.0. The summed E-state index contributed by atoms with van der Waals surface area (Å²) in [6.07, 6.45) is 4.47. The van der Waals surface area contributed by atoms with Gasteiger partial charge < -0.3 is 8.85 Å². The topological polar surface area (TPSA) is 18.5 Å². The molecule has 4 aromatic carbocycles. The van der Waals surface area contributed by atoms with Crippen LogP contribution in [0.3, 0.4) is 0 Å². The van der Waals surface area contributed by atoms with E-state index in [4.69, 9.17) is 8.85 Å². The van der Waals surface area contributed by atoms with Gasteiger partial charge in [0.05, 0.1) is 23.4 Å². The molecule has 0 aliphatic heterocycles. The van der Waals surface area contributed by atoms with Crippen molar-refractivity contribution in [3.63, 3.8) is 0 Å². The van der Waals surface area contributed by atoms with E-state index in [1.807, 2.05) is 0 Å². The first-order valence-electron chi connectivity index (χ1n) is 14.1. The molecule has 4 rings (SSSR count). The van der Waals surface area contributed by atoms with Crippen molar-refractivity contribution in [1.82, 2.24) is 0 Å². The highest BCUT2D eigenvalue weighted by molar-refractivity contribution is 6.70. The molecule has 0 fully saturated rings. The van der Waals surface area contributed by atoms with E-state index in [2.05, 4.69) is 173 Å². The Morgan fingerprint density at radius 2 is 0.725 bits per heavy atom. The first-order chi connectivity index (χ1) is 19.1. The molecule has 0 aromatic heterocycles. The van der Waals surface area contributed by atoms with E-state index in [1.165, 1.54) is 11.1 Å². The summed E-state index contributed by atoms with van der Waals surface area (Å²) in [4.78, 5) is 0. The van der Waals surface area contributed by atoms with Crippen molar-refractivity contribution in [3.8, 4) is 0 Å². The zero-order chi connectivity index (χ0) is 28.6. The highest BCUT2D eigenvalue weighted by Crippen LogP contribution is 2.46. The van der Waals surface area contributed by atoms with E-state index in [0.717, 1.165) is 22.6 Å². The van der Waals surface area contributed by atoms with Crippen LogP contribution in [0.15, 0.2) is 133 Å². The monoisotopic (exact) mass is 562 g/mol. The highest BCUT2D eigenvalue weighted by atomic mass is 28.4. The summed E-state index contributed by atoms with van der Waals surface area (Å²) in [5.74, 6) is 1.76.